The van der Waals surface area contributed by atoms with Gasteiger partial charge in [-0.15, -0.1) is 0 Å². The van der Waals surface area contributed by atoms with Crippen LogP contribution in [0.15, 0.2) is 29.4 Å². The summed E-state index contributed by atoms with van der Waals surface area (Å²) in [6.07, 6.45) is -6.15. The van der Waals surface area contributed by atoms with E-state index in [0.717, 1.165) is 25.3 Å². The van der Waals surface area contributed by atoms with E-state index in [1.165, 1.54) is 13.2 Å². The van der Waals surface area contributed by atoms with Crippen molar-refractivity contribution in [1.29, 1.82) is 0 Å². The third-order valence-corrected chi connectivity index (χ3v) is 4.56. The zero-order chi connectivity index (χ0) is 22.3. The number of aliphatic imine (C=N–C) groups is 1. The summed E-state index contributed by atoms with van der Waals surface area (Å²) in [5.41, 5.74) is 7.94. The molecule has 0 spiro atoms. The Morgan fingerprint density at radius 2 is 2.07 bits per heavy atom. The fourth-order valence-corrected chi connectivity index (χ4v) is 3.25. The van der Waals surface area contributed by atoms with Crippen LogP contribution in [-0.4, -0.2) is 47.7 Å². The van der Waals surface area contributed by atoms with Crippen molar-refractivity contribution in [1.82, 2.24) is 9.97 Å². The molecule has 0 aliphatic carbocycles. The fraction of sp³-hybridized carbons (Fsp3) is 0.333. The van der Waals surface area contributed by atoms with Gasteiger partial charge in [0.15, 0.2) is 11.8 Å². The summed E-state index contributed by atoms with van der Waals surface area (Å²) in [6, 6.07) is 3.22. The molecule has 12 heteroatoms. The lowest BCUT2D eigenvalue weighted by atomic mass is 9.83. The van der Waals surface area contributed by atoms with Gasteiger partial charge in [-0.1, -0.05) is 0 Å². The number of carbonyl (C=O) groups is 1. The second kappa shape index (κ2) is 7.52. The number of hydrogen-bond acceptors (Lipinski definition) is 7. The zero-order valence-corrected chi connectivity index (χ0v) is 15.8. The molecule has 1 aromatic carbocycles. The molecular weight excluding hydrogens is 410 g/mol. The first kappa shape index (κ1) is 21.4. The first-order chi connectivity index (χ1) is 14.0. The lowest BCUT2D eigenvalue weighted by molar-refractivity contribution is -0.238. The highest BCUT2D eigenvalue weighted by Gasteiger charge is 2.56. The van der Waals surface area contributed by atoms with Gasteiger partial charge in [-0.2, -0.15) is 13.2 Å². The van der Waals surface area contributed by atoms with Crippen molar-refractivity contribution in [2.24, 2.45) is 16.5 Å². The van der Waals surface area contributed by atoms with Crippen LogP contribution in [0.25, 0.3) is 11.3 Å². The molecule has 1 amide bonds. The smallest absolute Gasteiger partial charge is 0.417 e. The van der Waals surface area contributed by atoms with Gasteiger partial charge in [0.2, 0.25) is 5.88 Å². The number of rotatable bonds is 4. The van der Waals surface area contributed by atoms with E-state index >= 15 is 0 Å². The van der Waals surface area contributed by atoms with Crippen LogP contribution in [0, 0.1) is 5.82 Å². The summed E-state index contributed by atoms with van der Waals surface area (Å²) in [5.74, 6) is -2.12. The number of nitrogens with two attached hydrogens (primary N) is 2. The van der Waals surface area contributed by atoms with Gasteiger partial charge in [0.1, 0.15) is 29.5 Å². The van der Waals surface area contributed by atoms with Crippen LogP contribution in [0.4, 0.5) is 17.6 Å². The number of amides is 1. The third kappa shape index (κ3) is 3.77. The number of nitrogens with zero attached hydrogens (tertiary/aromatic N) is 3. The molecule has 0 radical (unpaired) electrons. The monoisotopic (exact) mass is 427 g/mol. The van der Waals surface area contributed by atoms with Gasteiger partial charge in [-0.3, -0.25) is 9.79 Å². The Labute approximate surface area is 167 Å². The molecule has 1 aliphatic rings. The van der Waals surface area contributed by atoms with Crippen LogP contribution in [0.1, 0.15) is 23.0 Å². The average Bonchev–Trinajstić information content (AvgIpc) is 2.66. The van der Waals surface area contributed by atoms with Gasteiger partial charge in [0.25, 0.3) is 5.91 Å². The summed E-state index contributed by atoms with van der Waals surface area (Å²) < 4.78 is 65.4. The molecule has 0 saturated heterocycles. The van der Waals surface area contributed by atoms with E-state index in [9.17, 15) is 22.4 Å². The van der Waals surface area contributed by atoms with Gasteiger partial charge in [0.05, 0.1) is 13.3 Å². The third-order valence-electron chi connectivity index (χ3n) is 4.56. The predicted molar refractivity (Wildman–Crippen MR) is 97.3 cm³/mol. The summed E-state index contributed by atoms with van der Waals surface area (Å²) in [6.45, 7) is 0.514. The Hall–Kier alpha value is -3.28. The Kier molecular flexibility index (Phi) is 5.37. The normalized spacial score (nSPS) is 21.8. The number of alkyl halides is 3. The van der Waals surface area contributed by atoms with Gasteiger partial charge in [0, 0.05) is 11.1 Å². The van der Waals surface area contributed by atoms with Crippen molar-refractivity contribution in [2.75, 3.05) is 13.7 Å². The molecule has 2 atom stereocenters. The van der Waals surface area contributed by atoms with Crippen LogP contribution < -0.4 is 16.2 Å². The molecule has 2 aromatic rings. The lowest BCUT2D eigenvalue weighted by Crippen LogP contribution is -2.53. The molecule has 1 aliphatic heterocycles. The fourth-order valence-electron chi connectivity index (χ4n) is 3.25. The summed E-state index contributed by atoms with van der Waals surface area (Å²) in [4.78, 5) is 23.6. The number of halogens is 4. The molecule has 1 aromatic heterocycles. The van der Waals surface area contributed by atoms with Crippen molar-refractivity contribution in [2.45, 2.75) is 24.7 Å². The van der Waals surface area contributed by atoms with Crippen LogP contribution in [0.2, 0.25) is 0 Å². The highest BCUT2D eigenvalue weighted by molar-refractivity contribution is 5.97. The standard InChI is InChI=1S/C18H17F4N5O3/c1-17(16(18(20,21)22)30-7-11(23)27-17)9-5-8(3-4-10(9)19)13-14(15(24)28)25-6-12(26-13)29-2/h3-6,16H,7H2,1-2H3,(H2,23,27)(H2,24,28). The number of methoxy groups -OCH3 is 1. The van der Waals surface area contributed by atoms with Gasteiger partial charge >= 0.3 is 6.18 Å². The van der Waals surface area contributed by atoms with Crippen molar-refractivity contribution in [3.05, 3.63) is 41.5 Å². The molecule has 8 nitrogen and oxygen atoms in total. The van der Waals surface area contributed by atoms with Crippen molar-refractivity contribution >= 4 is 11.7 Å². The van der Waals surface area contributed by atoms with Crippen molar-refractivity contribution < 1.29 is 31.8 Å². The topological polar surface area (TPSA) is 126 Å². The van der Waals surface area contributed by atoms with Gasteiger partial charge in [-0.25, -0.2) is 14.4 Å². The number of hydrogen-bond donors (Lipinski definition) is 2. The SMILES string of the molecule is COc1cnc(C(N)=O)c(-c2ccc(F)c(C3(C)N=C(N)COC3C(F)(F)F)c2)n1. The molecule has 4 N–H and O–H groups in total. The number of carbonyl (C=O) groups excluding carboxylic acids is 1. The predicted octanol–water partition coefficient (Wildman–Crippen LogP) is 1.92. The van der Waals surface area contributed by atoms with E-state index in [4.69, 9.17) is 20.9 Å². The molecule has 160 valence electrons. The van der Waals surface area contributed by atoms with Crippen LogP contribution in [-0.2, 0) is 10.3 Å². The van der Waals surface area contributed by atoms with Crippen LogP contribution in [0.3, 0.4) is 0 Å². The maximum Gasteiger partial charge on any atom is 0.417 e. The van der Waals surface area contributed by atoms with Gasteiger partial charge < -0.3 is 20.9 Å². The first-order valence-corrected chi connectivity index (χ1v) is 8.51. The Morgan fingerprint density at radius 3 is 2.67 bits per heavy atom. The quantitative estimate of drug-likeness (QED) is 0.718. The minimum Gasteiger partial charge on any atom is -0.480 e. The summed E-state index contributed by atoms with van der Waals surface area (Å²) >= 11 is 0. The highest BCUT2D eigenvalue weighted by atomic mass is 19.4. The van der Waals surface area contributed by atoms with Crippen LogP contribution in [0.5, 0.6) is 5.88 Å². The number of amidine groups is 1. The first-order valence-electron chi connectivity index (χ1n) is 8.51. The molecule has 0 saturated carbocycles. The Balaban J connectivity index is 2.24. The molecule has 2 unspecified atom stereocenters. The summed E-state index contributed by atoms with van der Waals surface area (Å²) in [7, 11) is 1.31. The zero-order valence-electron chi connectivity index (χ0n) is 15.8. The number of benzene rings is 1. The molecule has 30 heavy (non-hydrogen) atoms. The number of primary amides is 1. The number of ether oxygens (including phenoxy) is 2. The number of aromatic nitrogens is 2. The average molecular weight is 427 g/mol. The largest absolute Gasteiger partial charge is 0.480 e. The minimum atomic E-state index is -4.85. The van der Waals surface area contributed by atoms with Crippen LogP contribution >= 0.6 is 0 Å². The molecule has 2 heterocycles. The highest BCUT2D eigenvalue weighted by Crippen LogP contribution is 2.43. The molecule has 0 bridgehead atoms. The second-order valence-corrected chi connectivity index (χ2v) is 6.65. The molecule has 3 rings (SSSR count). The minimum absolute atomic E-state index is 0.0171. The van der Waals surface area contributed by atoms with E-state index in [-0.39, 0.29) is 28.7 Å². The van der Waals surface area contributed by atoms with E-state index < -0.39 is 41.7 Å². The maximum absolute atomic E-state index is 14.7. The lowest BCUT2D eigenvalue weighted by Gasteiger charge is -2.39. The Bertz CT molecular complexity index is 1030. The molecule has 0 fully saturated rings. The molecular formula is C18H17F4N5O3. The van der Waals surface area contributed by atoms with E-state index in [1.807, 2.05) is 0 Å². The second-order valence-electron chi connectivity index (χ2n) is 6.65. The summed E-state index contributed by atoms with van der Waals surface area (Å²) in [5, 5.41) is 0. The van der Waals surface area contributed by atoms with E-state index in [1.54, 1.807) is 0 Å². The maximum atomic E-state index is 14.7. The van der Waals surface area contributed by atoms with Crippen molar-refractivity contribution in [3.8, 4) is 17.1 Å². The van der Waals surface area contributed by atoms with E-state index in [2.05, 4.69) is 15.0 Å². The Morgan fingerprint density at radius 1 is 1.37 bits per heavy atom. The van der Waals surface area contributed by atoms with E-state index in [0.29, 0.717) is 0 Å². The van der Waals surface area contributed by atoms with Gasteiger partial charge in [-0.05, 0) is 25.1 Å². The van der Waals surface area contributed by atoms with Crippen molar-refractivity contribution in [3.63, 3.8) is 0 Å².